The first-order chi connectivity index (χ1) is 10.6. The molecular formula is C16H20N2O2S2. The number of anilines is 1. The number of methoxy groups -OCH3 is 1. The maximum absolute atomic E-state index is 11.6. The number of nitrogens with one attached hydrogen (secondary N) is 2. The molecule has 0 fully saturated rings. The predicted octanol–water partition coefficient (Wildman–Crippen LogP) is 4.16. The Kier molecular flexibility index (Phi) is 6.15. The van der Waals surface area contributed by atoms with Crippen molar-refractivity contribution >= 4 is 50.4 Å². The van der Waals surface area contributed by atoms with E-state index >= 15 is 0 Å². The van der Waals surface area contributed by atoms with Gasteiger partial charge in [0.2, 0.25) is 0 Å². The fourth-order valence-electron chi connectivity index (χ4n) is 2.07. The Morgan fingerprint density at radius 2 is 2.14 bits per heavy atom. The summed E-state index contributed by atoms with van der Waals surface area (Å²) >= 11 is 6.71. The van der Waals surface area contributed by atoms with E-state index in [0.29, 0.717) is 9.99 Å². The molecule has 6 heteroatoms. The molecule has 1 aromatic heterocycles. The van der Waals surface area contributed by atoms with Gasteiger partial charge in [0.1, 0.15) is 4.88 Å². The normalized spacial score (nSPS) is 10.5. The summed E-state index contributed by atoms with van der Waals surface area (Å²) in [6.07, 6.45) is 3.51. The number of hydrogen-bond donors (Lipinski definition) is 2. The highest BCUT2D eigenvalue weighted by atomic mass is 32.1. The van der Waals surface area contributed by atoms with Gasteiger partial charge in [-0.25, -0.2) is 4.79 Å². The number of fused-ring (bicyclic) bond motifs is 1. The monoisotopic (exact) mass is 336 g/mol. The molecule has 0 unspecified atom stereocenters. The third kappa shape index (κ3) is 4.42. The zero-order valence-corrected chi connectivity index (χ0v) is 14.4. The third-order valence-corrected chi connectivity index (χ3v) is 4.57. The lowest BCUT2D eigenvalue weighted by Crippen LogP contribution is -2.29. The second kappa shape index (κ2) is 8.10. The molecule has 2 aromatic rings. The minimum atomic E-state index is -0.302. The van der Waals surface area contributed by atoms with Crippen molar-refractivity contribution in [3.8, 4) is 0 Å². The Morgan fingerprint density at radius 1 is 1.32 bits per heavy atom. The van der Waals surface area contributed by atoms with Crippen molar-refractivity contribution in [2.75, 3.05) is 19.0 Å². The summed E-state index contributed by atoms with van der Waals surface area (Å²) in [5, 5.41) is 8.00. The van der Waals surface area contributed by atoms with Crippen LogP contribution in [0.15, 0.2) is 24.3 Å². The number of thiophene rings is 1. The minimum Gasteiger partial charge on any atom is -0.465 e. The van der Waals surface area contributed by atoms with Crippen LogP contribution in [0.25, 0.3) is 10.1 Å². The summed E-state index contributed by atoms with van der Waals surface area (Å²) in [5.74, 6) is -0.302. The van der Waals surface area contributed by atoms with Crippen molar-refractivity contribution in [3.63, 3.8) is 0 Å². The number of carbonyl (C=O) groups excluding carboxylic acids is 1. The van der Waals surface area contributed by atoms with Gasteiger partial charge in [0.15, 0.2) is 5.11 Å². The van der Waals surface area contributed by atoms with E-state index in [9.17, 15) is 4.79 Å². The summed E-state index contributed by atoms with van der Waals surface area (Å²) in [6, 6.07) is 7.77. The van der Waals surface area contributed by atoms with E-state index in [1.165, 1.54) is 31.3 Å². The molecule has 0 spiro atoms. The van der Waals surface area contributed by atoms with Gasteiger partial charge in [-0.3, -0.25) is 0 Å². The van der Waals surface area contributed by atoms with E-state index < -0.39 is 0 Å². The third-order valence-electron chi connectivity index (χ3n) is 3.23. The SMILES string of the molecule is CCCCCNC(=S)Nc1ccc2sc(C(=O)OC)cc2c1. The van der Waals surface area contributed by atoms with Gasteiger partial charge in [-0.2, -0.15) is 0 Å². The molecule has 0 saturated carbocycles. The van der Waals surface area contributed by atoms with Crippen LogP contribution in [0.3, 0.4) is 0 Å². The molecule has 0 aliphatic carbocycles. The van der Waals surface area contributed by atoms with Crippen LogP contribution in [0.1, 0.15) is 35.9 Å². The predicted molar refractivity (Wildman–Crippen MR) is 96.9 cm³/mol. The quantitative estimate of drug-likeness (QED) is 0.471. The molecule has 1 aromatic carbocycles. The van der Waals surface area contributed by atoms with Gasteiger partial charge in [0.05, 0.1) is 7.11 Å². The molecule has 2 rings (SSSR count). The van der Waals surface area contributed by atoms with E-state index in [0.717, 1.165) is 28.7 Å². The topological polar surface area (TPSA) is 50.4 Å². The van der Waals surface area contributed by atoms with Gasteiger partial charge in [0.25, 0.3) is 0 Å². The van der Waals surface area contributed by atoms with Crippen LogP contribution in [0.2, 0.25) is 0 Å². The fraction of sp³-hybridized carbons (Fsp3) is 0.375. The van der Waals surface area contributed by atoms with Gasteiger partial charge in [-0.15, -0.1) is 11.3 Å². The number of benzene rings is 1. The Morgan fingerprint density at radius 3 is 2.86 bits per heavy atom. The van der Waals surface area contributed by atoms with E-state index in [1.807, 2.05) is 24.3 Å². The lowest BCUT2D eigenvalue weighted by atomic mass is 10.2. The van der Waals surface area contributed by atoms with Gasteiger partial charge in [-0.1, -0.05) is 19.8 Å². The molecule has 0 saturated heterocycles. The molecule has 0 radical (unpaired) electrons. The van der Waals surface area contributed by atoms with Gasteiger partial charge >= 0.3 is 5.97 Å². The second-order valence-electron chi connectivity index (χ2n) is 4.94. The highest BCUT2D eigenvalue weighted by molar-refractivity contribution is 7.80. The Balaban J connectivity index is 2.00. The molecule has 0 aliphatic heterocycles. The molecular weight excluding hydrogens is 316 g/mol. The minimum absolute atomic E-state index is 0.302. The number of carbonyl (C=O) groups is 1. The fourth-order valence-corrected chi connectivity index (χ4v) is 3.26. The maximum Gasteiger partial charge on any atom is 0.348 e. The zero-order valence-electron chi connectivity index (χ0n) is 12.8. The zero-order chi connectivity index (χ0) is 15.9. The molecule has 118 valence electrons. The molecule has 22 heavy (non-hydrogen) atoms. The standard InChI is InChI=1S/C16H20N2O2S2/c1-3-4-5-8-17-16(21)18-12-6-7-13-11(9-12)10-14(22-13)15(19)20-2/h6-7,9-10H,3-5,8H2,1-2H3,(H2,17,18,21). The second-order valence-corrected chi connectivity index (χ2v) is 6.43. The average molecular weight is 336 g/mol. The van der Waals surface area contributed by atoms with Gasteiger partial charge < -0.3 is 15.4 Å². The first kappa shape index (κ1) is 16.7. The van der Waals surface area contributed by atoms with Crippen LogP contribution in [0.4, 0.5) is 5.69 Å². The number of ether oxygens (including phenoxy) is 1. The number of thiocarbonyl (C=S) groups is 1. The van der Waals surface area contributed by atoms with Gasteiger partial charge in [-0.05, 0) is 48.3 Å². The van der Waals surface area contributed by atoms with Crippen LogP contribution < -0.4 is 10.6 Å². The van der Waals surface area contributed by atoms with Gasteiger partial charge in [0, 0.05) is 16.9 Å². The van der Waals surface area contributed by atoms with Crippen molar-refractivity contribution in [2.45, 2.75) is 26.2 Å². The van der Waals surface area contributed by atoms with E-state index in [2.05, 4.69) is 17.6 Å². The van der Waals surface area contributed by atoms with Crippen LogP contribution in [-0.4, -0.2) is 24.7 Å². The summed E-state index contributed by atoms with van der Waals surface area (Å²) in [7, 11) is 1.39. The average Bonchev–Trinajstić information content (AvgIpc) is 2.94. The number of hydrogen-bond acceptors (Lipinski definition) is 4. The first-order valence-electron chi connectivity index (χ1n) is 7.30. The summed E-state index contributed by atoms with van der Waals surface area (Å²) in [5.41, 5.74) is 0.912. The van der Waals surface area contributed by atoms with E-state index in [1.54, 1.807) is 0 Å². The van der Waals surface area contributed by atoms with Crippen molar-refractivity contribution in [1.82, 2.24) is 5.32 Å². The largest absolute Gasteiger partial charge is 0.465 e. The van der Waals surface area contributed by atoms with Crippen LogP contribution in [-0.2, 0) is 4.74 Å². The first-order valence-corrected chi connectivity index (χ1v) is 8.53. The highest BCUT2D eigenvalue weighted by Gasteiger charge is 2.10. The summed E-state index contributed by atoms with van der Waals surface area (Å²) in [6.45, 7) is 3.06. The van der Waals surface area contributed by atoms with Crippen molar-refractivity contribution in [1.29, 1.82) is 0 Å². The Labute approximate surface area is 139 Å². The van der Waals surface area contributed by atoms with Crippen LogP contribution in [0.5, 0.6) is 0 Å². The highest BCUT2D eigenvalue weighted by Crippen LogP contribution is 2.28. The molecule has 0 bridgehead atoms. The molecule has 4 nitrogen and oxygen atoms in total. The summed E-state index contributed by atoms with van der Waals surface area (Å²) in [4.78, 5) is 12.2. The number of esters is 1. The van der Waals surface area contributed by atoms with E-state index in [4.69, 9.17) is 17.0 Å². The molecule has 0 atom stereocenters. The molecule has 0 amide bonds. The smallest absolute Gasteiger partial charge is 0.348 e. The number of rotatable bonds is 6. The Hall–Kier alpha value is -1.66. The maximum atomic E-state index is 11.6. The van der Waals surface area contributed by atoms with Crippen LogP contribution >= 0.6 is 23.6 Å². The van der Waals surface area contributed by atoms with Crippen molar-refractivity contribution in [2.24, 2.45) is 0 Å². The number of unbranched alkanes of at least 4 members (excludes halogenated alkanes) is 2. The van der Waals surface area contributed by atoms with Crippen molar-refractivity contribution < 1.29 is 9.53 Å². The molecule has 0 aliphatic rings. The molecule has 1 heterocycles. The lowest BCUT2D eigenvalue weighted by Gasteiger charge is -2.10. The summed E-state index contributed by atoms with van der Waals surface area (Å²) < 4.78 is 5.80. The van der Waals surface area contributed by atoms with Crippen molar-refractivity contribution in [3.05, 3.63) is 29.1 Å². The lowest BCUT2D eigenvalue weighted by molar-refractivity contribution is 0.0606. The van der Waals surface area contributed by atoms with E-state index in [-0.39, 0.29) is 5.97 Å². The Bertz CT molecular complexity index is 667. The molecule has 2 N–H and O–H groups in total. The van der Waals surface area contributed by atoms with Crippen LogP contribution in [0, 0.1) is 0 Å².